The van der Waals surface area contributed by atoms with Crippen molar-refractivity contribution in [1.29, 1.82) is 0 Å². The van der Waals surface area contributed by atoms with Crippen LogP contribution >= 0.6 is 35.1 Å². The van der Waals surface area contributed by atoms with Gasteiger partial charge in [0.05, 0.1) is 34.1 Å². The number of aryl methyl sites for hydroxylation is 2. The lowest BCUT2D eigenvalue weighted by Gasteiger charge is -1.97. The standard InChI is InChI=1S/C18H16ClN5S.C16H13N5S/c1-12-8-14(19)9-24-17(12)21-18(22-24)25-11-16-20-15(10-23(16)2)13-6-4-3-5-7-13;1-2-6-12(7-3-1)13-10-17-14(18-13)11-22-16-19-15-8-4-5-9-21(15)20-16/h3-10H,11H2,1-2H3;1-10H,11H2,(H,17,18). The van der Waals surface area contributed by atoms with Crippen molar-refractivity contribution in [2.24, 2.45) is 7.05 Å². The molecular weight excluding hydrogens is 648 g/mol. The highest BCUT2D eigenvalue weighted by Gasteiger charge is 2.12. The lowest BCUT2D eigenvalue weighted by atomic mass is 10.2. The zero-order valence-electron chi connectivity index (χ0n) is 25.5. The van der Waals surface area contributed by atoms with Gasteiger partial charge in [-0.2, -0.15) is 0 Å². The third-order valence-corrected chi connectivity index (χ3v) is 9.10. The first-order valence-electron chi connectivity index (χ1n) is 14.7. The minimum absolute atomic E-state index is 0.656. The summed E-state index contributed by atoms with van der Waals surface area (Å²) in [6.45, 7) is 1.98. The Morgan fingerprint density at radius 3 is 2.26 bits per heavy atom. The van der Waals surface area contributed by atoms with E-state index in [-0.39, 0.29) is 0 Å². The number of thioether (sulfide) groups is 2. The van der Waals surface area contributed by atoms with Gasteiger partial charge in [-0.25, -0.2) is 29.0 Å². The smallest absolute Gasteiger partial charge is 0.209 e. The lowest BCUT2D eigenvalue weighted by Crippen LogP contribution is -1.94. The molecule has 0 bridgehead atoms. The van der Waals surface area contributed by atoms with Gasteiger partial charge in [0.15, 0.2) is 11.3 Å². The zero-order chi connectivity index (χ0) is 32.2. The largest absolute Gasteiger partial charge is 0.341 e. The molecule has 0 saturated carbocycles. The topological polar surface area (TPSA) is 107 Å². The van der Waals surface area contributed by atoms with Crippen molar-refractivity contribution < 1.29 is 0 Å². The van der Waals surface area contributed by atoms with E-state index < -0.39 is 0 Å². The molecule has 0 unspecified atom stereocenters. The fourth-order valence-corrected chi connectivity index (χ4v) is 6.67. The van der Waals surface area contributed by atoms with Crippen LogP contribution in [-0.4, -0.2) is 48.7 Å². The second-order valence-corrected chi connectivity index (χ2v) is 12.9. The van der Waals surface area contributed by atoms with E-state index in [1.165, 1.54) is 0 Å². The van der Waals surface area contributed by atoms with Gasteiger partial charge in [0.2, 0.25) is 10.3 Å². The van der Waals surface area contributed by atoms with Gasteiger partial charge in [0.25, 0.3) is 0 Å². The summed E-state index contributed by atoms with van der Waals surface area (Å²) in [6, 6.07) is 28.1. The molecule has 0 atom stereocenters. The molecule has 234 valence electrons. The van der Waals surface area contributed by atoms with Crippen LogP contribution < -0.4 is 0 Å². The van der Waals surface area contributed by atoms with Crippen LogP contribution in [0.3, 0.4) is 0 Å². The summed E-state index contributed by atoms with van der Waals surface area (Å²) in [6.07, 6.45) is 7.58. The van der Waals surface area contributed by atoms with Crippen LogP contribution in [0.15, 0.2) is 120 Å². The number of fused-ring (bicyclic) bond motifs is 2. The third-order valence-electron chi connectivity index (χ3n) is 7.21. The number of aromatic amines is 1. The van der Waals surface area contributed by atoms with Crippen LogP contribution in [0.2, 0.25) is 5.02 Å². The van der Waals surface area contributed by atoms with Gasteiger partial charge in [-0.15, -0.1) is 10.2 Å². The molecule has 1 N–H and O–H groups in total. The normalized spacial score (nSPS) is 11.2. The van der Waals surface area contributed by atoms with Crippen LogP contribution in [0.1, 0.15) is 17.2 Å². The second kappa shape index (κ2) is 13.8. The summed E-state index contributed by atoms with van der Waals surface area (Å²) >= 11 is 9.22. The quantitative estimate of drug-likeness (QED) is 0.163. The highest BCUT2D eigenvalue weighted by molar-refractivity contribution is 7.98. The number of nitrogens with zero attached hydrogens (tertiary/aromatic N) is 9. The molecule has 8 rings (SSSR count). The Morgan fingerprint density at radius 1 is 0.766 bits per heavy atom. The van der Waals surface area contributed by atoms with Crippen LogP contribution in [0.5, 0.6) is 0 Å². The van der Waals surface area contributed by atoms with Gasteiger partial charge >= 0.3 is 0 Å². The Morgan fingerprint density at radius 2 is 1.47 bits per heavy atom. The molecule has 6 heterocycles. The van der Waals surface area contributed by atoms with E-state index >= 15 is 0 Å². The van der Waals surface area contributed by atoms with E-state index in [0.717, 1.165) is 61.3 Å². The van der Waals surface area contributed by atoms with Crippen molar-refractivity contribution in [3.8, 4) is 22.5 Å². The van der Waals surface area contributed by atoms with Gasteiger partial charge in [-0.05, 0) is 36.2 Å². The fourth-order valence-electron chi connectivity index (χ4n) is 4.87. The van der Waals surface area contributed by atoms with E-state index in [0.29, 0.717) is 16.5 Å². The van der Waals surface area contributed by atoms with Crippen molar-refractivity contribution >= 4 is 46.4 Å². The fraction of sp³-hybridized carbons (Fsp3) is 0.118. The van der Waals surface area contributed by atoms with Crippen molar-refractivity contribution in [3.05, 3.63) is 132 Å². The molecule has 10 nitrogen and oxygen atoms in total. The zero-order valence-corrected chi connectivity index (χ0v) is 27.9. The number of benzene rings is 2. The molecule has 13 heteroatoms. The Balaban J connectivity index is 0.000000151. The molecule has 0 aliphatic rings. The minimum Gasteiger partial charge on any atom is -0.341 e. The second-order valence-electron chi connectivity index (χ2n) is 10.6. The highest BCUT2D eigenvalue weighted by atomic mass is 35.5. The van der Waals surface area contributed by atoms with Crippen molar-refractivity contribution in [3.63, 3.8) is 0 Å². The Labute approximate surface area is 284 Å². The molecular formula is C34H29ClN10S2. The molecule has 2 aromatic carbocycles. The number of rotatable bonds is 8. The van der Waals surface area contributed by atoms with Gasteiger partial charge < -0.3 is 9.55 Å². The molecule has 8 aromatic rings. The molecule has 0 saturated heterocycles. The lowest BCUT2D eigenvalue weighted by molar-refractivity contribution is 0.844. The van der Waals surface area contributed by atoms with Crippen molar-refractivity contribution in [1.82, 2.24) is 48.7 Å². The molecule has 47 heavy (non-hydrogen) atoms. The van der Waals surface area contributed by atoms with Crippen LogP contribution in [0.4, 0.5) is 0 Å². The molecule has 6 aromatic heterocycles. The summed E-state index contributed by atoms with van der Waals surface area (Å²) in [5.74, 6) is 3.32. The average Bonchev–Trinajstić information content (AvgIpc) is 3.89. The molecule has 0 aliphatic carbocycles. The molecule has 0 amide bonds. The monoisotopic (exact) mass is 676 g/mol. The van der Waals surface area contributed by atoms with Crippen LogP contribution in [0, 0.1) is 6.92 Å². The maximum Gasteiger partial charge on any atom is 0.209 e. The first-order chi connectivity index (χ1) is 23.0. The Kier molecular flexibility index (Phi) is 9.05. The number of hydrogen-bond acceptors (Lipinski definition) is 8. The SMILES string of the molecule is Cc1cc(Cl)cn2nc(SCc3nc(-c4ccccc4)cn3C)nc12.c1ccc(-c2cnc(CSc3nc4ccccn4n3)[nH]2)cc1. The minimum atomic E-state index is 0.656. The number of hydrogen-bond donors (Lipinski definition) is 1. The van der Waals surface area contributed by atoms with Crippen LogP contribution in [-0.2, 0) is 18.6 Å². The number of aromatic nitrogens is 10. The van der Waals surface area contributed by atoms with E-state index in [1.54, 1.807) is 38.8 Å². The average molecular weight is 677 g/mol. The number of H-pyrrole nitrogens is 1. The molecule has 0 fully saturated rings. The van der Waals surface area contributed by atoms with Crippen LogP contribution in [0.25, 0.3) is 33.8 Å². The highest BCUT2D eigenvalue weighted by Crippen LogP contribution is 2.25. The third kappa shape index (κ3) is 7.25. The predicted octanol–water partition coefficient (Wildman–Crippen LogP) is 7.80. The Bertz CT molecular complexity index is 2220. The van der Waals surface area contributed by atoms with Gasteiger partial charge in [0, 0.05) is 31.2 Å². The van der Waals surface area contributed by atoms with E-state index in [4.69, 9.17) is 16.6 Å². The first kappa shape index (κ1) is 30.7. The molecule has 0 aliphatic heterocycles. The number of imidazole rings is 2. The summed E-state index contributed by atoms with van der Waals surface area (Å²) in [5.41, 5.74) is 6.95. The van der Waals surface area contributed by atoms with E-state index in [9.17, 15) is 0 Å². The van der Waals surface area contributed by atoms with Gasteiger partial charge in [0.1, 0.15) is 11.6 Å². The van der Waals surface area contributed by atoms with Gasteiger partial charge in [-0.3, -0.25) is 0 Å². The summed E-state index contributed by atoms with van der Waals surface area (Å²) in [4.78, 5) is 21.5. The molecule has 0 spiro atoms. The van der Waals surface area contributed by atoms with Gasteiger partial charge in [-0.1, -0.05) is 102 Å². The maximum atomic E-state index is 6.08. The van der Waals surface area contributed by atoms with Crippen molar-refractivity contribution in [2.45, 2.75) is 28.7 Å². The number of halogens is 1. The number of pyridine rings is 2. The Hall–Kier alpha value is -4.91. The first-order valence-corrected chi connectivity index (χ1v) is 17.1. The maximum absolute atomic E-state index is 6.08. The summed E-state index contributed by atoms with van der Waals surface area (Å²) in [5, 5.41) is 11.0. The number of nitrogens with one attached hydrogen (secondary N) is 1. The van der Waals surface area contributed by atoms with Crippen molar-refractivity contribution in [2.75, 3.05) is 0 Å². The predicted molar refractivity (Wildman–Crippen MR) is 188 cm³/mol. The van der Waals surface area contributed by atoms with E-state index in [2.05, 4.69) is 54.4 Å². The summed E-state index contributed by atoms with van der Waals surface area (Å²) < 4.78 is 5.56. The van der Waals surface area contributed by atoms with E-state index in [1.807, 2.05) is 97.8 Å². The molecule has 0 radical (unpaired) electrons. The summed E-state index contributed by atoms with van der Waals surface area (Å²) in [7, 11) is 2.01.